The van der Waals surface area contributed by atoms with Crippen molar-refractivity contribution >= 4 is 39.7 Å². The first-order chi connectivity index (χ1) is 20.1. The van der Waals surface area contributed by atoms with Crippen LogP contribution in [0.3, 0.4) is 0 Å². The number of aromatic nitrogens is 3. The number of alkyl carbamates (subject to hydrolysis) is 1. The molecule has 0 aliphatic carbocycles. The lowest BCUT2D eigenvalue weighted by Crippen LogP contribution is -2.49. The molecule has 0 saturated carbocycles. The number of carbonyl (C=O) groups excluding carboxylic acids is 2. The Balaban J connectivity index is 1.48. The number of hydrogen-bond donors (Lipinski definition) is 4. The number of nitrogens with zero attached hydrogens (tertiary/aromatic N) is 2. The Morgan fingerprint density at radius 1 is 1.02 bits per heavy atom. The van der Waals surface area contributed by atoms with E-state index >= 15 is 0 Å². The second-order valence-electron chi connectivity index (χ2n) is 11.0. The van der Waals surface area contributed by atoms with Gasteiger partial charge in [-0.2, -0.15) is 5.26 Å². The molecule has 1 unspecified atom stereocenters. The molecule has 0 fully saturated rings. The van der Waals surface area contributed by atoms with Gasteiger partial charge in [-0.3, -0.25) is 0 Å². The van der Waals surface area contributed by atoms with Crippen LogP contribution in [0.1, 0.15) is 36.7 Å². The van der Waals surface area contributed by atoms with Gasteiger partial charge in [0.1, 0.15) is 11.6 Å². The Labute approximate surface area is 243 Å². The number of fused-ring (bicyclic) bond motifs is 2. The number of amides is 1. The SMILES string of the molecule is COC(=O)c1cc(-c2ccc3nc[nH]c3c2)ccc1NC(C#N)[C@H](Cc1c[nH]c2ccccc12)NC(=O)OC(C)(C)C. The summed E-state index contributed by atoms with van der Waals surface area (Å²) in [5.41, 5.74) is 5.16. The number of rotatable bonds is 8. The van der Waals surface area contributed by atoms with Gasteiger partial charge in [0.2, 0.25) is 0 Å². The average Bonchev–Trinajstić information content (AvgIpc) is 3.61. The van der Waals surface area contributed by atoms with E-state index in [1.807, 2.05) is 54.7 Å². The van der Waals surface area contributed by atoms with E-state index in [2.05, 4.69) is 31.7 Å². The minimum Gasteiger partial charge on any atom is -0.465 e. The van der Waals surface area contributed by atoms with E-state index in [1.54, 1.807) is 39.2 Å². The van der Waals surface area contributed by atoms with E-state index in [4.69, 9.17) is 9.47 Å². The lowest BCUT2D eigenvalue weighted by molar-refractivity contribution is 0.0501. The van der Waals surface area contributed by atoms with Crippen LogP contribution in [0.15, 0.2) is 73.2 Å². The monoisotopic (exact) mass is 564 g/mol. The number of para-hydroxylation sites is 1. The average molecular weight is 565 g/mol. The maximum atomic E-state index is 12.9. The molecule has 0 aliphatic rings. The van der Waals surface area contributed by atoms with E-state index in [9.17, 15) is 14.9 Å². The fraction of sp³-hybridized carbons (Fsp3) is 0.250. The summed E-state index contributed by atoms with van der Waals surface area (Å²) in [6, 6.07) is 19.5. The summed E-state index contributed by atoms with van der Waals surface area (Å²) < 4.78 is 10.6. The van der Waals surface area contributed by atoms with Gasteiger partial charge in [-0.25, -0.2) is 14.6 Å². The van der Waals surface area contributed by atoms with Crippen molar-refractivity contribution in [1.82, 2.24) is 20.3 Å². The molecule has 4 N–H and O–H groups in total. The number of hydrogen-bond acceptors (Lipinski definition) is 7. The standard InChI is InChI=1S/C32H32N6O4/c1-32(2,3)42-31(40)38-28(15-21-17-34-24-8-6-5-7-22(21)24)29(16-33)37-25-11-9-19(13-23(25)30(39)41-4)20-10-12-26-27(14-20)36-18-35-26/h5-14,17-18,28-29,34,37H,15H2,1-4H3,(H,35,36)(H,38,40)/t28-,29?/m0/s1. The molecule has 3 aromatic carbocycles. The fourth-order valence-electron chi connectivity index (χ4n) is 4.88. The van der Waals surface area contributed by atoms with Crippen molar-refractivity contribution in [3.63, 3.8) is 0 Å². The Hall–Kier alpha value is -5.30. The summed E-state index contributed by atoms with van der Waals surface area (Å²) >= 11 is 0. The molecule has 2 aromatic heterocycles. The molecule has 5 aromatic rings. The first-order valence-corrected chi connectivity index (χ1v) is 13.5. The van der Waals surface area contributed by atoms with Crippen LogP contribution >= 0.6 is 0 Å². The van der Waals surface area contributed by atoms with Crippen LogP contribution in [0, 0.1) is 11.3 Å². The molecule has 0 aliphatic heterocycles. The first-order valence-electron chi connectivity index (χ1n) is 13.5. The molecule has 0 spiro atoms. The van der Waals surface area contributed by atoms with Crippen LogP contribution < -0.4 is 10.6 Å². The van der Waals surface area contributed by atoms with Gasteiger partial charge in [0, 0.05) is 22.8 Å². The third-order valence-corrected chi connectivity index (χ3v) is 6.85. The highest BCUT2D eigenvalue weighted by Gasteiger charge is 2.28. The lowest BCUT2D eigenvalue weighted by Gasteiger charge is -2.27. The van der Waals surface area contributed by atoms with Crippen LogP contribution in [0.25, 0.3) is 33.1 Å². The number of methoxy groups -OCH3 is 1. The molecule has 1 amide bonds. The number of benzene rings is 3. The summed E-state index contributed by atoms with van der Waals surface area (Å²) in [4.78, 5) is 36.4. The zero-order valence-electron chi connectivity index (χ0n) is 23.8. The molecule has 42 heavy (non-hydrogen) atoms. The molecule has 0 bridgehead atoms. The van der Waals surface area contributed by atoms with Crippen LogP contribution in [0.4, 0.5) is 10.5 Å². The van der Waals surface area contributed by atoms with Gasteiger partial charge in [-0.1, -0.05) is 30.3 Å². The van der Waals surface area contributed by atoms with Gasteiger partial charge in [0.25, 0.3) is 0 Å². The van der Waals surface area contributed by atoms with Gasteiger partial charge in [0.15, 0.2) is 0 Å². The first kappa shape index (κ1) is 28.2. The Kier molecular flexibility index (Phi) is 7.84. The van der Waals surface area contributed by atoms with Crippen molar-refractivity contribution < 1.29 is 19.1 Å². The minimum absolute atomic E-state index is 0.253. The highest BCUT2D eigenvalue weighted by molar-refractivity contribution is 5.97. The predicted molar refractivity (Wildman–Crippen MR) is 161 cm³/mol. The number of ether oxygens (including phenoxy) is 2. The fourth-order valence-corrected chi connectivity index (χ4v) is 4.88. The normalized spacial score (nSPS) is 12.8. The number of H-pyrrole nitrogens is 2. The van der Waals surface area contributed by atoms with Crippen LogP contribution in [-0.4, -0.2) is 51.8 Å². The van der Waals surface area contributed by atoms with Crippen molar-refractivity contribution in [3.05, 3.63) is 84.3 Å². The highest BCUT2D eigenvalue weighted by atomic mass is 16.6. The Bertz CT molecular complexity index is 1790. The molecule has 2 heterocycles. The van der Waals surface area contributed by atoms with E-state index < -0.39 is 29.7 Å². The van der Waals surface area contributed by atoms with E-state index in [0.717, 1.165) is 38.6 Å². The lowest BCUT2D eigenvalue weighted by atomic mass is 9.97. The number of carbonyl (C=O) groups is 2. The van der Waals surface area contributed by atoms with Crippen molar-refractivity contribution in [2.24, 2.45) is 0 Å². The summed E-state index contributed by atoms with van der Waals surface area (Å²) in [6.45, 7) is 5.32. The number of aromatic amines is 2. The number of esters is 1. The molecule has 0 saturated heterocycles. The van der Waals surface area contributed by atoms with Gasteiger partial charge in [-0.15, -0.1) is 0 Å². The maximum Gasteiger partial charge on any atom is 0.407 e. The summed E-state index contributed by atoms with van der Waals surface area (Å²) in [5, 5.41) is 17.4. The number of imidazole rings is 1. The number of anilines is 1. The third-order valence-electron chi connectivity index (χ3n) is 6.85. The van der Waals surface area contributed by atoms with E-state index in [1.165, 1.54) is 7.11 Å². The molecular weight excluding hydrogens is 532 g/mol. The molecule has 214 valence electrons. The molecule has 10 nitrogen and oxygen atoms in total. The largest absolute Gasteiger partial charge is 0.465 e. The van der Waals surface area contributed by atoms with Crippen molar-refractivity contribution in [1.29, 1.82) is 5.26 Å². The zero-order chi connectivity index (χ0) is 29.9. The van der Waals surface area contributed by atoms with Crippen molar-refractivity contribution in [2.75, 3.05) is 12.4 Å². The topological polar surface area (TPSA) is 145 Å². The van der Waals surface area contributed by atoms with Crippen LogP contribution in [0.2, 0.25) is 0 Å². The molecule has 0 radical (unpaired) electrons. The molecule has 10 heteroatoms. The molecule has 5 rings (SSSR count). The third kappa shape index (κ3) is 6.20. The second-order valence-corrected chi connectivity index (χ2v) is 11.0. The van der Waals surface area contributed by atoms with Gasteiger partial charge >= 0.3 is 12.1 Å². The molecule has 2 atom stereocenters. The summed E-state index contributed by atoms with van der Waals surface area (Å²) in [6.07, 6.45) is 3.17. The zero-order valence-corrected chi connectivity index (χ0v) is 23.8. The van der Waals surface area contributed by atoms with Gasteiger partial charge in [-0.05, 0) is 74.2 Å². The predicted octanol–water partition coefficient (Wildman–Crippen LogP) is 5.94. The minimum atomic E-state index is -0.929. The highest BCUT2D eigenvalue weighted by Crippen LogP contribution is 2.29. The Morgan fingerprint density at radius 3 is 2.55 bits per heavy atom. The van der Waals surface area contributed by atoms with Crippen LogP contribution in [-0.2, 0) is 15.9 Å². The van der Waals surface area contributed by atoms with Gasteiger partial charge in [0.05, 0.1) is 42.1 Å². The number of nitriles is 1. The summed E-state index contributed by atoms with van der Waals surface area (Å²) in [5.74, 6) is -0.563. The quantitative estimate of drug-likeness (QED) is 0.171. The number of nitrogens with one attached hydrogen (secondary N) is 4. The van der Waals surface area contributed by atoms with E-state index in [-0.39, 0.29) is 5.56 Å². The maximum absolute atomic E-state index is 12.9. The van der Waals surface area contributed by atoms with Gasteiger partial charge < -0.3 is 30.1 Å². The smallest absolute Gasteiger partial charge is 0.407 e. The second kappa shape index (κ2) is 11.7. The van der Waals surface area contributed by atoms with Crippen molar-refractivity contribution in [2.45, 2.75) is 44.9 Å². The summed E-state index contributed by atoms with van der Waals surface area (Å²) in [7, 11) is 1.31. The van der Waals surface area contributed by atoms with Crippen molar-refractivity contribution in [3.8, 4) is 17.2 Å². The Morgan fingerprint density at radius 2 is 1.79 bits per heavy atom. The van der Waals surface area contributed by atoms with Crippen LogP contribution in [0.5, 0.6) is 0 Å². The van der Waals surface area contributed by atoms with E-state index in [0.29, 0.717) is 12.1 Å². The molecular formula is C32H32N6O4.